The van der Waals surface area contributed by atoms with Gasteiger partial charge in [-0.2, -0.15) is 5.10 Å². The van der Waals surface area contributed by atoms with Crippen molar-refractivity contribution in [1.29, 1.82) is 0 Å². The van der Waals surface area contributed by atoms with Crippen molar-refractivity contribution >= 4 is 34.2 Å². The van der Waals surface area contributed by atoms with Gasteiger partial charge in [0.1, 0.15) is 0 Å². The average molecular weight is 491 g/mol. The maximum atomic E-state index is 13.2. The van der Waals surface area contributed by atoms with Crippen molar-refractivity contribution in [2.24, 2.45) is 0 Å². The van der Waals surface area contributed by atoms with Crippen molar-refractivity contribution in [3.05, 3.63) is 47.3 Å². The quantitative estimate of drug-likeness (QED) is 0.500. The van der Waals surface area contributed by atoms with E-state index in [0.717, 1.165) is 79.1 Å². The van der Waals surface area contributed by atoms with Crippen LogP contribution in [0.25, 0.3) is 11.0 Å². The van der Waals surface area contributed by atoms with E-state index in [9.17, 15) is 9.59 Å². The van der Waals surface area contributed by atoms with E-state index in [4.69, 9.17) is 9.72 Å². The number of pyridine rings is 1. The largest absolute Gasteiger partial charge is 0.381 e. The second-order valence-electron chi connectivity index (χ2n) is 9.38. The minimum absolute atomic E-state index is 0.107. The summed E-state index contributed by atoms with van der Waals surface area (Å²) < 4.78 is 7.47. The number of benzene rings is 1. The lowest BCUT2D eigenvalue weighted by molar-refractivity contribution is -0.117. The second kappa shape index (κ2) is 10.7. The zero-order valence-electron chi connectivity index (χ0n) is 21.0. The first-order valence-corrected chi connectivity index (χ1v) is 13.0. The van der Waals surface area contributed by atoms with Crippen LogP contribution in [0.4, 0.5) is 11.4 Å². The lowest BCUT2D eigenvalue weighted by atomic mass is 10.0. The van der Waals surface area contributed by atoms with Crippen LogP contribution in [0.15, 0.2) is 30.5 Å². The van der Waals surface area contributed by atoms with Crippen LogP contribution in [0.5, 0.6) is 0 Å². The van der Waals surface area contributed by atoms with Crippen molar-refractivity contribution < 1.29 is 14.3 Å². The zero-order chi connectivity index (χ0) is 25.1. The number of fused-ring (bicyclic) bond motifs is 1. The SMILES string of the molecule is CCc1nc2c(cnn2CC)c(NC2CCOCC2)c1CNC(=O)c1cccc(N2CCCC2=O)c1. The Morgan fingerprint density at radius 1 is 1.22 bits per heavy atom. The summed E-state index contributed by atoms with van der Waals surface area (Å²) in [6.45, 7) is 7.40. The molecule has 2 fully saturated rings. The van der Waals surface area contributed by atoms with E-state index in [1.165, 1.54) is 0 Å². The van der Waals surface area contributed by atoms with Crippen LogP contribution in [0, 0.1) is 0 Å². The van der Waals surface area contributed by atoms with Crippen molar-refractivity contribution in [2.45, 2.75) is 65.1 Å². The van der Waals surface area contributed by atoms with Gasteiger partial charge in [0.25, 0.3) is 5.91 Å². The van der Waals surface area contributed by atoms with Crippen LogP contribution in [0.1, 0.15) is 61.1 Å². The van der Waals surface area contributed by atoms with Crippen molar-refractivity contribution in [3.8, 4) is 0 Å². The molecule has 0 radical (unpaired) electrons. The maximum absolute atomic E-state index is 13.2. The number of nitrogens with zero attached hydrogens (tertiary/aromatic N) is 4. The van der Waals surface area contributed by atoms with Gasteiger partial charge in [0.15, 0.2) is 5.65 Å². The fraction of sp³-hybridized carbons (Fsp3) is 0.481. The third-order valence-electron chi connectivity index (χ3n) is 7.10. The fourth-order valence-electron chi connectivity index (χ4n) is 5.11. The molecular formula is C27H34N6O3. The van der Waals surface area contributed by atoms with Crippen LogP contribution in [-0.2, 0) is 29.0 Å². The molecule has 0 saturated carbocycles. The molecule has 5 rings (SSSR count). The molecule has 2 saturated heterocycles. The van der Waals surface area contributed by atoms with Crippen LogP contribution in [0.2, 0.25) is 0 Å². The van der Waals surface area contributed by atoms with Crippen LogP contribution >= 0.6 is 0 Å². The number of carbonyl (C=O) groups is 2. The number of anilines is 2. The zero-order valence-corrected chi connectivity index (χ0v) is 21.0. The molecule has 9 heteroatoms. The first kappa shape index (κ1) is 24.2. The first-order valence-electron chi connectivity index (χ1n) is 13.0. The average Bonchev–Trinajstić information content (AvgIpc) is 3.53. The highest BCUT2D eigenvalue weighted by Crippen LogP contribution is 2.31. The Balaban J connectivity index is 1.43. The van der Waals surface area contributed by atoms with E-state index in [0.29, 0.717) is 31.1 Å². The molecule has 2 N–H and O–H groups in total. The minimum atomic E-state index is -0.174. The monoisotopic (exact) mass is 490 g/mol. The van der Waals surface area contributed by atoms with E-state index in [1.54, 1.807) is 17.0 Å². The summed E-state index contributed by atoms with van der Waals surface area (Å²) in [7, 11) is 0. The Morgan fingerprint density at radius 3 is 2.78 bits per heavy atom. The molecule has 190 valence electrons. The molecule has 4 heterocycles. The Labute approximate surface area is 211 Å². The number of rotatable bonds is 8. The number of hydrogen-bond donors (Lipinski definition) is 2. The standard InChI is InChI=1S/C27H34N6O3/c1-3-23-21(16-28-27(35)18-7-5-8-20(15-18)32-12-6-9-24(32)34)25(30-19-10-13-36-14-11-19)22-17-29-33(4-2)26(22)31-23/h5,7-8,15,17,19H,3-4,6,9-14,16H2,1-2H3,(H,28,35)(H,30,31). The van der Waals surface area contributed by atoms with Gasteiger partial charge in [-0.15, -0.1) is 0 Å². The Kier molecular flexibility index (Phi) is 7.18. The highest BCUT2D eigenvalue weighted by molar-refractivity contribution is 5.99. The second-order valence-corrected chi connectivity index (χ2v) is 9.38. The van der Waals surface area contributed by atoms with Crippen LogP contribution in [0.3, 0.4) is 0 Å². The number of aromatic nitrogens is 3. The van der Waals surface area contributed by atoms with Crippen LogP contribution in [-0.4, -0.2) is 52.4 Å². The van der Waals surface area contributed by atoms with Gasteiger partial charge in [-0.3, -0.25) is 9.59 Å². The summed E-state index contributed by atoms with van der Waals surface area (Å²) in [5.74, 6) is -0.0668. The minimum Gasteiger partial charge on any atom is -0.381 e. The van der Waals surface area contributed by atoms with Crippen molar-refractivity contribution in [3.63, 3.8) is 0 Å². The van der Waals surface area contributed by atoms with Gasteiger partial charge in [0.05, 0.1) is 17.3 Å². The smallest absolute Gasteiger partial charge is 0.251 e. The topological polar surface area (TPSA) is 101 Å². The number of amides is 2. The van der Waals surface area contributed by atoms with Gasteiger partial charge < -0.3 is 20.3 Å². The Hall–Kier alpha value is -3.46. The summed E-state index contributed by atoms with van der Waals surface area (Å²) in [6, 6.07) is 7.59. The maximum Gasteiger partial charge on any atom is 0.251 e. The van der Waals surface area contributed by atoms with Gasteiger partial charge in [-0.25, -0.2) is 9.67 Å². The van der Waals surface area contributed by atoms with Gasteiger partial charge in [0.2, 0.25) is 5.91 Å². The molecular weight excluding hydrogens is 456 g/mol. The molecule has 2 aliphatic heterocycles. The molecule has 2 aromatic heterocycles. The molecule has 0 unspecified atom stereocenters. The van der Waals surface area contributed by atoms with E-state index in [2.05, 4.69) is 29.6 Å². The fourth-order valence-corrected chi connectivity index (χ4v) is 5.11. The summed E-state index contributed by atoms with van der Waals surface area (Å²) in [4.78, 5) is 32.1. The van der Waals surface area contributed by atoms with Gasteiger partial charge in [-0.05, 0) is 50.8 Å². The summed E-state index contributed by atoms with van der Waals surface area (Å²) in [6.07, 6.45) is 5.88. The third kappa shape index (κ3) is 4.80. The Morgan fingerprint density at radius 2 is 2.06 bits per heavy atom. The number of aryl methyl sites for hydroxylation is 2. The third-order valence-corrected chi connectivity index (χ3v) is 7.10. The van der Waals surface area contributed by atoms with E-state index < -0.39 is 0 Å². The molecule has 0 aliphatic carbocycles. The predicted molar refractivity (Wildman–Crippen MR) is 139 cm³/mol. The first-order chi connectivity index (χ1) is 17.6. The van der Waals surface area contributed by atoms with E-state index in [1.807, 2.05) is 23.0 Å². The molecule has 1 aromatic carbocycles. The predicted octanol–water partition coefficient (Wildman–Crippen LogP) is 3.66. The molecule has 0 atom stereocenters. The van der Waals surface area contributed by atoms with Crippen molar-refractivity contribution in [1.82, 2.24) is 20.1 Å². The van der Waals surface area contributed by atoms with Crippen LogP contribution < -0.4 is 15.5 Å². The number of carbonyl (C=O) groups excluding carboxylic acids is 2. The van der Waals surface area contributed by atoms with Crippen molar-refractivity contribution in [2.75, 3.05) is 30.0 Å². The molecule has 0 spiro atoms. The molecule has 36 heavy (non-hydrogen) atoms. The summed E-state index contributed by atoms with van der Waals surface area (Å²) >= 11 is 0. The normalized spacial score (nSPS) is 16.6. The molecule has 2 amide bonds. The van der Waals surface area contributed by atoms with E-state index in [-0.39, 0.29) is 11.8 Å². The summed E-state index contributed by atoms with van der Waals surface area (Å²) in [5, 5.41) is 12.4. The van der Waals surface area contributed by atoms with Gasteiger partial charge >= 0.3 is 0 Å². The Bertz CT molecular complexity index is 1260. The molecule has 3 aromatic rings. The molecule has 2 aliphatic rings. The lowest BCUT2D eigenvalue weighted by Gasteiger charge is -2.26. The highest BCUT2D eigenvalue weighted by atomic mass is 16.5. The lowest BCUT2D eigenvalue weighted by Crippen LogP contribution is -2.30. The van der Waals surface area contributed by atoms with Gasteiger partial charge in [-0.1, -0.05) is 13.0 Å². The van der Waals surface area contributed by atoms with E-state index >= 15 is 0 Å². The molecule has 0 bridgehead atoms. The summed E-state index contributed by atoms with van der Waals surface area (Å²) in [5.41, 5.74) is 5.12. The highest BCUT2D eigenvalue weighted by Gasteiger charge is 2.24. The number of nitrogens with one attached hydrogen (secondary N) is 2. The molecule has 9 nitrogen and oxygen atoms in total. The van der Waals surface area contributed by atoms with Gasteiger partial charge in [0, 0.05) is 67.8 Å². The number of hydrogen-bond acceptors (Lipinski definition) is 6. The number of ether oxygens (including phenoxy) is 1.